The Morgan fingerprint density at radius 1 is 1.12 bits per heavy atom. The Balaban J connectivity index is 1.30. The number of hydrogen-bond donors (Lipinski definition) is 0. The molecule has 2 aliphatic heterocycles. The zero-order valence-electron chi connectivity index (χ0n) is 21.8. The van der Waals surface area contributed by atoms with Gasteiger partial charge >= 0.3 is 6.18 Å². The Morgan fingerprint density at radius 2 is 1.90 bits per heavy atom. The normalized spacial score (nSPS) is 18.0. The summed E-state index contributed by atoms with van der Waals surface area (Å²) in [5.74, 6) is 0.253. The van der Waals surface area contributed by atoms with E-state index < -0.39 is 17.8 Å². The second-order valence-electron chi connectivity index (χ2n) is 10.1. The Labute approximate surface area is 227 Å². The van der Waals surface area contributed by atoms with Crippen molar-refractivity contribution in [1.82, 2.24) is 39.7 Å². The minimum Gasteiger partial charge on any atom is -0.482 e. The highest BCUT2D eigenvalue weighted by molar-refractivity contribution is 5.74. The van der Waals surface area contributed by atoms with Crippen LogP contribution in [0.15, 0.2) is 30.7 Å². The summed E-state index contributed by atoms with van der Waals surface area (Å²) in [5.41, 5.74) is 1.86. The van der Waals surface area contributed by atoms with E-state index in [0.717, 1.165) is 50.9 Å². The van der Waals surface area contributed by atoms with Crippen molar-refractivity contribution in [2.24, 2.45) is 0 Å². The number of rotatable bonds is 6. The number of ether oxygens (including phenoxy) is 2. The van der Waals surface area contributed by atoms with E-state index in [4.69, 9.17) is 9.47 Å². The Hall–Kier alpha value is -4.09. The molecular weight excluding hydrogens is 527 g/mol. The predicted molar refractivity (Wildman–Crippen MR) is 134 cm³/mol. The second-order valence-corrected chi connectivity index (χ2v) is 10.1. The first-order valence-electron chi connectivity index (χ1n) is 12.9. The lowest BCUT2D eigenvalue weighted by Crippen LogP contribution is -2.52. The standard InChI is InChI=1S/C26H26F3N9O2/c1-15-24(34-35-38(15)20-3-5-36(6-4-20)21-13-39-14-21)17-7-23(25-18(9-30)10-32-37(25)12-17)40-16(2)22-8-19(11-31-33-22)26(27,28)29/h7-8,10-12,16,20-21H,3-6,13-14H2,1-2H3. The van der Waals surface area contributed by atoms with Crippen LogP contribution in [0.5, 0.6) is 5.75 Å². The van der Waals surface area contributed by atoms with Gasteiger partial charge in [-0.3, -0.25) is 4.90 Å². The van der Waals surface area contributed by atoms with Crippen LogP contribution in [-0.4, -0.2) is 72.1 Å². The molecule has 0 bridgehead atoms. The molecule has 0 N–H and O–H groups in total. The van der Waals surface area contributed by atoms with Crippen molar-refractivity contribution < 1.29 is 22.6 Å². The molecule has 208 valence electrons. The first-order chi connectivity index (χ1) is 19.2. The lowest BCUT2D eigenvalue weighted by molar-refractivity contribution is -0.138. The average molecular weight is 554 g/mol. The maximum absolute atomic E-state index is 13.2. The van der Waals surface area contributed by atoms with Gasteiger partial charge in [-0.2, -0.15) is 33.7 Å². The van der Waals surface area contributed by atoms with Crippen molar-refractivity contribution >= 4 is 5.52 Å². The van der Waals surface area contributed by atoms with Crippen molar-refractivity contribution in [2.75, 3.05) is 26.3 Å². The minimum atomic E-state index is -4.57. The number of fused-ring (bicyclic) bond motifs is 1. The molecule has 11 nitrogen and oxygen atoms in total. The van der Waals surface area contributed by atoms with E-state index in [2.05, 4.69) is 36.6 Å². The van der Waals surface area contributed by atoms with Gasteiger partial charge in [0.25, 0.3) is 0 Å². The number of likely N-dealkylation sites (tertiary alicyclic amines) is 1. The number of alkyl halides is 3. The summed E-state index contributed by atoms with van der Waals surface area (Å²) in [6, 6.07) is 5.42. The van der Waals surface area contributed by atoms with Crippen LogP contribution in [-0.2, 0) is 10.9 Å². The van der Waals surface area contributed by atoms with E-state index in [1.807, 2.05) is 11.6 Å². The summed E-state index contributed by atoms with van der Waals surface area (Å²) in [7, 11) is 0. The van der Waals surface area contributed by atoms with E-state index in [1.165, 1.54) is 10.7 Å². The van der Waals surface area contributed by atoms with Crippen LogP contribution in [0.25, 0.3) is 16.8 Å². The molecular formula is C26H26F3N9O2. The van der Waals surface area contributed by atoms with Gasteiger partial charge in [0.1, 0.15) is 40.4 Å². The van der Waals surface area contributed by atoms with Gasteiger partial charge in [0.05, 0.1) is 48.9 Å². The summed E-state index contributed by atoms with van der Waals surface area (Å²) in [4.78, 5) is 2.46. The zero-order valence-corrected chi connectivity index (χ0v) is 21.8. The summed E-state index contributed by atoms with van der Waals surface area (Å²) in [6.45, 7) is 7.06. The highest BCUT2D eigenvalue weighted by Gasteiger charge is 2.33. The van der Waals surface area contributed by atoms with E-state index in [9.17, 15) is 18.4 Å². The molecule has 40 heavy (non-hydrogen) atoms. The second kappa shape index (κ2) is 10.1. The molecule has 0 aliphatic carbocycles. The number of hydrogen-bond acceptors (Lipinski definition) is 9. The van der Waals surface area contributed by atoms with Crippen molar-refractivity contribution in [3.8, 4) is 23.1 Å². The SMILES string of the molecule is Cc1c(-c2cc(OC(C)c3cc(C(F)(F)F)cnn3)c3c(C#N)cnn3c2)nnn1C1CCN(C2COC2)CC1. The van der Waals surface area contributed by atoms with Crippen LogP contribution in [0.3, 0.4) is 0 Å². The van der Waals surface area contributed by atoms with E-state index in [0.29, 0.717) is 29.0 Å². The quantitative estimate of drug-likeness (QED) is 0.352. The average Bonchev–Trinajstić information content (AvgIpc) is 3.51. The van der Waals surface area contributed by atoms with Crippen molar-refractivity contribution in [3.05, 3.63) is 53.2 Å². The van der Waals surface area contributed by atoms with Gasteiger partial charge in [-0.05, 0) is 38.8 Å². The molecule has 0 spiro atoms. The van der Waals surface area contributed by atoms with Crippen molar-refractivity contribution in [1.29, 1.82) is 5.26 Å². The molecule has 6 rings (SSSR count). The third-order valence-corrected chi connectivity index (χ3v) is 7.60. The molecule has 0 amide bonds. The predicted octanol–water partition coefficient (Wildman–Crippen LogP) is 3.76. The van der Waals surface area contributed by atoms with Crippen LogP contribution in [0.1, 0.15) is 54.4 Å². The number of nitrogens with zero attached hydrogens (tertiary/aromatic N) is 9. The van der Waals surface area contributed by atoms with Crippen LogP contribution in [0, 0.1) is 18.3 Å². The summed E-state index contributed by atoms with van der Waals surface area (Å²) in [6.07, 6.45) is 0.240. The molecule has 14 heteroatoms. The lowest BCUT2D eigenvalue weighted by atomic mass is 10.0. The van der Waals surface area contributed by atoms with Gasteiger partial charge < -0.3 is 9.47 Å². The van der Waals surface area contributed by atoms with Crippen LogP contribution >= 0.6 is 0 Å². The molecule has 2 fully saturated rings. The molecule has 2 saturated heterocycles. The van der Waals surface area contributed by atoms with Crippen LogP contribution in [0.4, 0.5) is 13.2 Å². The number of pyridine rings is 1. The molecule has 4 aromatic heterocycles. The molecule has 6 heterocycles. The monoisotopic (exact) mass is 553 g/mol. The lowest BCUT2D eigenvalue weighted by Gasteiger charge is -2.41. The molecule has 2 aliphatic rings. The molecule has 0 radical (unpaired) electrons. The fraction of sp³-hybridized carbons (Fsp3) is 0.462. The highest BCUT2D eigenvalue weighted by atomic mass is 19.4. The van der Waals surface area contributed by atoms with E-state index in [1.54, 1.807) is 19.2 Å². The van der Waals surface area contributed by atoms with Gasteiger partial charge in [0, 0.05) is 24.8 Å². The molecule has 0 saturated carbocycles. The highest BCUT2D eigenvalue weighted by Crippen LogP contribution is 2.35. The fourth-order valence-corrected chi connectivity index (χ4v) is 5.26. The number of aromatic nitrogens is 7. The first kappa shape index (κ1) is 26.1. The smallest absolute Gasteiger partial charge is 0.418 e. The van der Waals surface area contributed by atoms with Gasteiger partial charge in [0.2, 0.25) is 0 Å². The topological polar surface area (TPSA) is 119 Å². The Kier molecular flexibility index (Phi) is 6.63. The minimum absolute atomic E-state index is 0.00154. The molecule has 1 atom stereocenters. The number of nitriles is 1. The first-order valence-corrected chi connectivity index (χ1v) is 12.9. The summed E-state index contributed by atoms with van der Waals surface area (Å²) in [5, 5.41) is 30.2. The molecule has 0 aromatic carbocycles. The fourth-order valence-electron chi connectivity index (χ4n) is 5.26. The Bertz CT molecular complexity index is 1580. The van der Waals surface area contributed by atoms with Gasteiger partial charge in [-0.15, -0.1) is 5.10 Å². The number of piperidine rings is 1. The summed E-state index contributed by atoms with van der Waals surface area (Å²) >= 11 is 0. The van der Waals surface area contributed by atoms with Crippen molar-refractivity contribution in [2.45, 2.75) is 51.1 Å². The maximum atomic E-state index is 13.2. The Morgan fingerprint density at radius 3 is 2.58 bits per heavy atom. The van der Waals surface area contributed by atoms with E-state index >= 15 is 0 Å². The van der Waals surface area contributed by atoms with Crippen molar-refractivity contribution in [3.63, 3.8) is 0 Å². The number of halogens is 3. The third-order valence-electron chi connectivity index (χ3n) is 7.60. The maximum Gasteiger partial charge on any atom is 0.418 e. The van der Waals surface area contributed by atoms with Crippen LogP contribution in [0.2, 0.25) is 0 Å². The van der Waals surface area contributed by atoms with Gasteiger partial charge in [0.15, 0.2) is 0 Å². The molecule has 1 unspecified atom stereocenters. The summed E-state index contributed by atoms with van der Waals surface area (Å²) < 4.78 is 54.6. The third kappa shape index (κ3) is 4.75. The molecule has 4 aromatic rings. The zero-order chi connectivity index (χ0) is 28.0. The van der Waals surface area contributed by atoms with Gasteiger partial charge in [-0.1, -0.05) is 5.21 Å². The van der Waals surface area contributed by atoms with E-state index in [-0.39, 0.29) is 23.0 Å². The van der Waals surface area contributed by atoms with Gasteiger partial charge in [-0.25, -0.2) is 9.20 Å². The van der Waals surface area contributed by atoms with Crippen LogP contribution < -0.4 is 4.74 Å². The largest absolute Gasteiger partial charge is 0.482 e.